The average molecular weight is 379 g/mol. The number of likely N-dealkylation sites (N-methyl/N-ethyl adjacent to an activating group) is 1. The van der Waals surface area contributed by atoms with Crippen LogP contribution in [0.1, 0.15) is 23.8 Å². The van der Waals surface area contributed by atoms with Crippen LogP contribution in [0.4, 0.5) is 10.5 Å². The van der Waals surface area contributed by atoms with E-state index in [0.717, 1.165) is 34.3 Å². The van der Waals surface area contributed by atoms with Gasteiger partial charge in [0.05, 0.1) is 6.54 Å². The summed E-state index contributed by atoms with van der Waals surface area (Å²) < 4.78 is 5.89. The van der Waals surface area contributed by atoms with Crippen LogP contribution in [-0.2, 0) is 17.8 Å². The molecule has 0 bridgehead atoms. The summed E-state index contributed by atoms with van der Waals surface area (Å²) in [5.41, 5.74) is 3.58. The fourth-order valence-corrected chi connectivity index (χ4v) is 3.12. The third-order valence-corrected chi connectivity index (χ3v) is 4.60. The normalized spacial score (nSPS) is 10.7. The molecule has 1 aromatic heterocycles. The lowest BCUT2D eigenvalue weighted by Gasteiger charge is -2.18. The summed E-state index contributed by atoms with van der Waals surface area (Å²) in [7, 11) is 1.73. The highest BCUT2D eigenvalue weighted by Crippen LogP contribution is 2.27. The number of benzene rings is 2. The summed E-state index contributed by atoms with van der Waals surface area (Å²) in [5.74, 6) is 0.706. The molecule has 6 heteroatoms. The highest BCUT2D eigenvalue weighted by Gasteiger charge is 2.17. The van der Waals surface area contributed by atoms with E-state index in [2.05, 4.69) is 10.6 Å². The third-order valence-electron chi connectivity index (χ3n) is 4.60. The van der Waals surface area contributed by atoms with E-state index in [0.29, 0.717) is 12.2 Å². The van der Waals surface area contributed by atoms with Crippen molar-refractivity contribution in [3.8, 4) is 0 Å². The molecule has 0 radical (unpaired) electrons. The number of anilines is 1. The number of nitrogens with zero attached hydrogens (tertiary/aromatic N) is 1. The van der Waals surface area contributed by atoms with Gasteiger partial charge < -0.3 is 20.0 Å². The smallest absolute Gasteiger partial charge is 0.319 e. The number of carbonyl (C=O) groups is 2. The van der Waals surface area contributed by atoms with Gasteiger partial charge >= 0.3 is 6.03 Å². The highest BCUT2D eigenvalue weighted by atomic mass is 16.3. The van der Waals surface area contributed by atoms with E-state index in [1.54, 1.807) is 18.0 Å². The molecule has 0 aliphatic carbocycles. The molecule has 0 fully saturated rings. The monoisotopic (exact) mass is 379 g/mol. The van der Waals surface area contributed by atoms with Gasteiger partial charge in [-0.2, -0.15) is 0 Å². The van der Waals surface area contributed by atoms with E-state index in [-0.39, 0.29) is 12.5 Å². The molecule has 0 saturated heterocycles. The van der Waals surface area contributed by atoms with Crippen LogP contribution in [0.5, 0.6) is 0 Å². The Balaban J connectivity index is 1.58. The predicted molar refractivity (Wildman–Crippen MR) is 110 cm³/mol. The molecular formula is C22H25N3O3. The Morgan fingerprint density at radius 1 is 1.11 bits per heavy atom. The molecule has 6 nitrogen and oxygen atoms in total. The second-order valence-corrected chi connectivity index (χ2v) is 6.78. The minimum absolute atomic E-state index is 0.0780. The summed E-state index contributed by atoms with van der Waals surface area (Å²) in [6, 6.07) is 14.9. The molecule has 0 unspecified atom stereocenters. The van der Waals surface area contributed by atoms with Crippen molar-refractivity contribution in [1.82, 2.24) is 10.2 Å². The number of nitrogens with one attached hydrogen (secondary N) is 2. The van der Waals surface area contributed by atoms with Crippen molar-refractivity contribution in [2.24, 2.45) is 0 Å². The molecule has 2 aromatic carbocycles. The lowest BCUT2D eigenvalue weighted by molar-refractivity contribution is -0.129. The number of urea groups is 1. The molecular weight excluding hydrogens is 354 g/mol. The van der Waals surface area contributed by atoms with Gasteiger partial charge in [-0.1, -0.05) is 37.3 Å². The number of hydrogen-bond donors (Lipinski definition) is 2. The SMILES string of the molecule is CCc1oc2ccccc2c1CN(C)C(=O)CNC(=O)Nc1cccc(C)c1. The maximum atomic E-state index is 12.5. The fourth-order valence-electron chi connectivity index (χ4n) is 3.12. The summed E-state index contributed by atoms with van der Waals surface area (Å²) >= 11 is 0. The van der Waals surface area contributed by atoms with Crippen molar-refractivity contribution in [2.45, 2.75) is 26.8 Å². The summed E-state index contributed by atoms with van der Waals surface area (Å²) in [6.45, 7) is 4.33. The summed E-state index contributed by atoms with van der Waals surface area (Å²) in [5, 5.41) is 6.36. The Hall–Kier alpha value is -3.28. The van der Waals surface area contributed by atoms with Crippen molar-refractivity contribution in [3.63, 3.8) is 0 Å². The summed E-state index contributed by atoms with van der Waals surface area (Å²) in [6.07, 6.45) is 0.753. The van der Waals surface area contributed by atoms with E-state index in [9.17, 15) is 9.59 Å². The molecule has 0 saturated carbocycles. The quantitative estimate of drug-likeness (QED) is 0.678. The molecule has 3 rings (SSSR count). The number of carbonyl (C=O) groups excluding carboxylic acids is 2. The van der Waals surface area contributed by atoms with Crippen LogP contribution >= 0.6 is 0 Å². The maximum absolute atomic E-state index is 12.5. The molecule has 0 aliphatic heterocycles. The van der Waals surface area contributed by atoms with Crippen molar-refractivity contribution in [3.05, 3.63) is 65.4 Å². The van der Waals surface area contributed by atoms with Gasteiger partial charge in [0.15, 0.2) is 0 Å². The number of hydrogen-bond acceptors (Lipinski definition) is 3. The van der Waals surface area contributed by atoms with Gasteiger partial charge in [-0.3, -0.25) is 4.79 Å². The predicted octanol–water partition coefficient (Wildman–Crippen LogP) is 4.08. The van der Waals surface area contributed by atoms with Gasteiger partial charge in [-0.25, -0.2) is 4.79 Å². The number of aryl methyl sites for hydroxylation is 2. The number of amides is 3. The lowest BCUT2D eigenvalue weighted by atomic mass is 10.1. The zero-order valence-corrected chi connectivity index (χ0v) is 16.4. The Bertz CT molecular complexity index is 994. The lowest BCUT2D eigenvalue weighted by Crippen LogP contribution is -2.39. The van der Waals surface area contributed by atoms with Crippen LogP contribution in [0.3, 0.4) is 0 Å². The second-order valence-electron chi connectivity index (χ2n) is 6.78. The summed E-state index contributed by atoms with van der Waals surface area (Å²) in [4.78, 5) is 26.1. The first-order valence-corrected chi connectivity index (χ1v) is 9.32. The zero-order chi connectivity index (χ0) is 20.1. The van der Waals surface area contributed by atoms with Crippen molar-refractivity contribution in [1.29, 1.82) is 0 Å². The molecule has 28 heavy (non-hydrogen) atoms. The van der Waals surface area contributed by atoms with E-state index < -0.39 is 6.03 Å². The van der Waals surface area contributed by atoms with E-state index in [4.69, 9.17) is 4.42 Å². The van der Waals surface area contributed by atoms with Gasteiger partial charge in [-0.15, -0.1) is 0 Å². The fraction of sp³-hybridized carbons (Fsp3) is 0.273. The molecule has 0 spiro atoms. The highest BCUT2D eigenvalue weighted by molar-refractivity contribution is 5.92. The van der Waals surface area contributed by atoms with Gasteiger partial charge in [0.1, 0.15) is 11.3 Å². The molecule has 0 aliphatic rings. The first-order chi connectivity index (χ1) is 13.5. The van der Waals surface area contributed by atoms with Gasteiger partial charge in [-0.05, 0) is 30.7 Å². The largest absolute Gasteiger partial charge is 0.461 e. The number of fused-ring (bicyclic) bond motifs is 1. The second kappa shape index (κ2) is 8.61. The number of para-hydroxylation sites is 1. The van der Waals surface area contributed by atoms with Crippen molar-refractivity contribution in [2.75, 3.05) is 18.9 Å². The molecule has 3 amide bonds. The van der Waals surface area contributed by atoms with Gasteiger partial charge in [0.2, 0.25) is 5.91 Å². The molecule has 2 N–H and O–H groups in total. The standard InChI is InChI=1S/C22H25N3O3/c1-4-19-18(17-10-5-6-11-20(17)28-19)14-25(3)21(26)13-23-22(27)24-16-9-7-8-15(2)12-16/h5-12H,4,13-14H2,1-3H3,(H2,23,24,27). The minimum atomic E-state index is -0.407. The van der Waals surface area contributed by atoms with Crippen LogP contribution in [0.15, 0.2) is 52.9 Å². The van der Waals surface area contributed by atoms with Crippen molar-refractivity contribution < 1.29 is 14.0 Å². The van der Waals surface area contributed by atoms with Crippen LogP contribution in [-0.4, -0.2) is 30.4 Å². The molecule has 146 valence electrons. The molecule has 1 heterocycles. The Morgan fingerprint density at radius 3 is 2.64 bits per heavy atom. The van der Waals surface area contributed by atoms with Crippen molar-refractivity contribution >= 4 is 28.6 Å². The topological polar surface area (TPSA) is 74.6 Å². The first kappa shape index (κ1) is 19.5. The Morgan fingerprint density at radius 2 is 1.89 bits per heavy atom. The number of rotatable bonds is 6. The van der Waals surface area contributed by atoms with E-state index in [1.165, 1.54) is 0 Å². The van der Waals surface area contributed by atoms with Crippen LogP contribution in [0.2, 0.25) is 0 Å². The first-order valence-electron chi connectivity index (χ1n) is 9.32. The van der Waals surface area contributed by atoms with Gasteiger partial charge in [0, 0.05) is 36.7 Å². The van der Waals surface area contributed by atoms with E-state index in [1.807, 2.05) is 56.3 Å². The van der Waals surface area contributed by atoms with Crippen LogP contribution in [0.25, 0.3) is 11.0 Å². The third kappa shape index (κ3) is 4.52. The van der Waals surface area contributed by atoms with Crippen LogP contribution < -0.4 is 10.6 Å². The van der Waals surface area contributed by atoms with E-state index >= 15 is 0 Å². The van der Waals surface area contributed by atoms with Gasteiger partial charge in [0.25, 0.3) is 0 Å². The Labute approximate surface area is 164 Å². The number of furan rings is 1. The molecule has 3 aromatic rings. The Kier molecular flexibility index (Phi) is 5.99. The van der Waals surface area contributed by atoms with Crippen LogP contribution in [0, 0.1) is 6.92 Å². The average Bonchev–Trinajstić information content (AvgIpc) is 3.03. The molecule has 0 atom stereocenters. The zero-order valence-electron chi connectivity index (χ0n) is 16.4. The minimum Gasteiger partial charge on any atom is -0.461 e. The maximum Gasteiger partial charge on any atom is 0.319 e.